The second-order valence-electron chi connectivity index (χ2n) is 7.04. The molecule has 2 aromatic heterocycles. The van der Waals surface area contributed by atoms with E-state index in [1.165, 1.54) is 6.07 Å². The highest BCUT2D eigenvalue weighted by molar-refractivity contribution is 5.77. The lowest BCUT2D eigenvalue weighted by Gasteiger charge is -2.28. The number of para-hydroxylation sites is 1. The number of hydrogen-bond acceptors (Lipinski definition) is 5. The molecular formula is C20H22FN5O2. The fourth-order valence-electron chi connectivity index (χ4n) is 3.54. The van der Waals surface area contributed by atoms with Crippen molar-refractivity contribution in [3.05, 3.63) is 59.6 Å². The predicted molar refractivity (Wildman–Crippen MR) is 102 cm³/mol. The summed E-state index contributed by atoms with van der Waals surface area (Å²) in [5.41, 5.74) is 1.13. The molecule has 1 aliphatic heterocycles. The van der Waals surface area contributed by atoms with Crippen LogP contribution in [-0.2, 0) is 17.8 Å². The molecule has 0 unspecified atom stereocenters. The zero-order valence-electron chi connectivity index (χ0n) is 15.9. The first-order chi connectivity index (χ1) is 13.5. The van der Waals surface area contributed by atoms with E-state index in [1.54, 1.807) is 29.3 Å². The van der Waals surface area contributed by atoms with Crippen molar-refractivity contribution in [3.8, 4) is 0 Å². The Bertz CT molecular complexity index is 996. The molecule has 1 N–H and O–H groups in total. The molecular weight excluding hydrogens is 361 g/mol. The Kier molecular flexibility index (Phi) is 4.85. The summed E-state index contributed by atoms with van der Waals surface area (Å²) in [5.74, 6) is 1.77. The zero-order valence-corrected chi connectivity index (χ0v) is 15.9. The summed E-state index contributed by atoms with van der Waals surface area (Å²) in [6.45, 7) is 4.90. The average molecular weight is 383 g/mol. The molecule has 0 radical (unpaired) electrons. The first-order valence-corrected chi connectivity index (χ1v) is 9.29. The Morgan fingerprint density at radius 1 is 1.39 bits per heavy atom. The molecule has 1 atom stereocenters. The molecule has 146 valence electrons. The van der Waals surface area contributed by atoms with Gasteiger partial charge in [-0.1, -0.05) is 17.3 Å². The van der Waals surface area contributed by atoms with Gasteiger partial charge in [0.25, 0.3) is 0 Å². The highest BCUT2D eigenvalue weighted by Gasteiger charge is 2.28. The van der Waals surface area contributed by atoms with E-state index in [2.05, 4.69) is 15.5 Å². The van der Waals surface area contributed by atoms with Gasteiger partial charge in [-0.25, -0.2) is 9.37 Å². The monoisotopic (exact) mass is 383 g/mol. The van der Waals surface area contributed by atoms with E-state index in [1.807, 2.05) is 24.6 Å². The molecule has 0 saturated carbocycles. The Morgan fingerprint density at radius 3 is 2.96 bits per heavy atom. The molecule has 0 spiro atoms. The summed E-state index contributed by atoms with van der Waals surface area (Å²) in [4.78, 5) is 18.8. The quantitative estimate of drug-likeness (QED) is 0.729. The van der Waals surface area contributed by atoms with Gasteiger partial charge in [0.15, 0.2) is 5.82 Å². The van der Waals surface area contributed by atoms with Crippen molar-refractivity contribution < 1.29 is 13.7 Å². The molecule has 0 aliphatic carbocycles. The van der Waals surface area contributed by atoms with E-state index in [0.717, 1.165) is 17.1 Å². The lowest BCUT2D eigenvalue weighted by Crippen LogP contribution is -2.36. The molecule has 3 aromatic rings. The third-order valence-corrected chi connectivity index (χ3v) is 5.11. The van der Waals surface area contributed by atoms with Crippen LogP contribution in [-0.4, -0.2) is 32.1 Å². The standard InChI is InChI=1S/C20H22FN5O2/c1-13(26-10-8-22-14(26)2)11-19(27)25-9-7-18-15(12-25)20(24-28-18)23-17-6-4-3-5-16(17)21/h3-6,8,10,13H,7,9,11-12H2,1-2H3,(H,23,24)/t13-/m0/s1. The average Bonchev–Trinajstić information content (AvgIpc) is 3.29. The number of rotatable bonds is 5. The highest BCUT2D eigenvalue weighted by Crippen LogP contribution is 2.30. The Hall–Kier alpha value is -3.16. The first-order valence-electron chi connectivity index (χ1n) is 9.29. The normalized spacial score (nSPS) is 14.6. The second-order valence-corrected chi connectivity index (χ2v) is 7.04. The number of aromatic nitrogens is 3. The van der Waals surface area contributed by atoms with Gasteiger partial charge < -0.3 is 19.3 Å². The fourth-order valence-corrected chi connectivity index (χ4v) is 3.54. The van der Waals surface area contributed by atoms with Crippen molar-refractivity contribution >= 4 is 17.4 Å². The van der Waals surface area contributed by atoms with E-state index in [0.29, 0.717) is 37.4 Å². The molecule has 3 heterocycles. The number of carbonyl (C=O) groups excluding carboxylic acids is 1. The van der Waals surface area contributed by atoms with E-state index in [4.69, 9.17) is 4.52 Å². The third-order valence-electron chi connectivity index (χ3n) is 5.11. The summed E-state index contributed by atoms with van der Waals surface area (Å²) < 4.78 is 21.3. The molecule has 8 heteroatoms. The van der Waals surface area contributed by atoms with E-state index in [9.17, 15) is 9.18 Å². The molecule has 7 nitrogen and oxygen atoms in total. The molecule has 0 saturated heterocycles. The van der Waals surface area contributed by atoms with Crippen LogP contribution in [0.15, 0.2) is 41.2 Å². The highest BCUT2D eigenvalue weighted by atomic mass is 19.1. The Labute approximate surface area is 162 Å². The van der Waals surface area contributed by atoms with E-state index < -0.39 is 0 Å². The summed E-state index contributed by atoms with van der Waals surface area (Å²) in [5, 5.41) is 7.02. The van der Waals surface area contributed by atoms with Crippen LogP contribution in [0.25, 0.3) is 0 Å². The van der Waals surface area contributed by atoms with E-state index in [-0.39, 0.29) is 17.8 Å². The van der Waals surface area contributed by atoms with Crippen molar-refractivity contribution in [2.45, 2.75) is 39.3 Å². The number of amides is 1. The minimum atomic E-state index is -0.368. The number of fused-ring (bicyclic) bond motifs is 1. The summed E-state index contributed by atoms with van der Waals surface area (Å²) in [7, 11) is 0. The number of carbonyl (C=O) groups is 1. The van der Waals surface area contributed by atoms with Gasteiger partial charge in [-0.2, -0.15) is 0 Å². The fraction of sp³-hybridized carbons (Fsp3) is 0.350. The second kappa shape index (κ2) is 7.46. The van der Waals surface area contributed by atoms with Crippen molar-refractivity contribution in [1.82, 2.24) is 19.6 Å². The number of aryl methyl sites for hydroxylation is 1. The van der Waals surface area contributed by atoms with Crippen LogP contribution in [0.5, 0.6) is 0 Å². The van der Waals surface area contributed by atoms with Crippen molar-refractivity contribution in [2.75, 3.05) is 11.9 Å². The summed E-state index contributed by atoms with van der Waals surface area (Å²) in [6, 6.07) is 6.41. The van der Waals surface area contributed by atoms with Gasteiger partial charge in [-0.3, -0.25) is 4.79 Å². The lowest BCUT2D eigenvalue weighted by molar-refractivity contribution is -0.132. The van der Waals surface area contributed by atoms with Crippen LogP contribution >= 0.6 is 0 Å². The van der Waals surface area contributed by atoms with Crippen molar-refractivity contribution in [2.24, 2.45) is 0 Å². The van der Waals surface area contributed by atoms with Gasteiger partial charge in [0, 0.05) is 37.8 Å². The van der Waals surface area contributed by atoms with Crippen LogP contribution in [0.2, 0.25) is 0 Å². The summed E-state index contributed by atoms with van der Waals surface area (Å²) in [6.07, 6.45) is 4.60. The maximum Gasteiger partial charge on any atom is 0.224 e. The number of hydrogen-bond donors (Lipinski definition) is 1. The number of benzene rings is 1. The van der Waals surface area contributed by atoms with Crippen LogP contribution in [0.1, 0.15) is 36.5 Å². The molecule has 0 fully saturated rings. The molecule has 1 aliphatic rings. The van der Waals surface area contributed by atoms with E-state index >= 15 is 0 Å². The van der Waals surface area contributed by atoms with Crippen LogP contribution < -0.4 is 5.32 Å². The molecule has 1 aromatic carbocycles. The van der Waals surface area contributed by atoms with Crippen molar-refractivity contribution in [1.29, 1.82) is 0 Å². The smallest absolute Gasteiger partial charge is 0.224 e. The number of anilines is 2. The molecule has 0 bridgehead atoms. The van der Waals surface area contributed by atoms with Gasteiger partial charge >= 0.3 is 0 Å². The molecule has 28 heavy (non-hydrogen) atoms. The molecule has 4 rings (SSSR count). The van der Waals surface area contributed by atoms with Gasteiger partial charge in [-0.05, 0) is 26.0 Å². The van der Waals surface area contributed by atoms with Crippen LogP contribution in [0.3, 0.4) is 0 Å². The SMILES string of the molecule is Cc1nccn1[C@@H](C)CC(=O)N1CCc2onc(Nc3ccccc3F)c2C1. The Morgan fingerprint density at radius 2 is 2.21 bits per heavy atom. The third kappa shape index (κ3) is 3.49. The largest absolute Gasteiger partial charge is 0.359 e. The minimum Gasteiger partial charge on any atom is -0.359 e. The number of nitrogens with zero attached hydrogens (tertiary/aromatic N) is 4. The van der Waals surface area contributed by atoms with Gasteiger partial charge in [0.1, 0.15) is 17.4 Å². The van der Waals surface area contributed by atoms with Gasteiger partial charge in [0.2, 0.25) is 5.91 Å². The van der Waals surface area contributed by atoms with Crippen LogP contribution in [0.4, 0.5) is 15.9 Å². The first kappa shape index (κ1) is 18.2. The number of nitrogens with one attached hydrogen (secondary N) is 1. The van der Waals surface area contributed by atoms with Crippen LogP contribution in [0, 0.1) is 12.7 Å². The van der Waals surface area contributed by atoms with Crippen molar-refractivity contribution in [3.63, 3.8) is 0 Å². The summed E-state index contributed by atoms with van der Waals surface area (Å²) >= 11 is 0. The maximum absolute atomic E-state index is 13.9. The predicted octanol–water partition coefficient (Wildman–Crippen LogP) is 3.60. The number of halogens is 1. The Balaban J connectivity index is 1.47. The zero-order chi connectivity index (χ0) is 19.7. The maximum atomic E-state index is 13.9. The minimum absolute atomic E-state index is 0.0230. The lowest BCUT2D eigenvalue weighted by atomic mass is 10.1. The van der Waals surface area contributed by atoms with Gasteiger partial charge in [0.05, 0.1) is 17.8 Å². The number of imidazole rings is 1. The van der Waals surface area contributed by atoms with Gasteiger partial charge in [-0.15, -0.1) is 0 Å². The topological polar surface area (TPSA) is 76.2 Å². The molecule has 1 amide bonds.